The fraction of sp³-hybridized carbons (Fsp3) is 0.500. The Kier molecular flexibility index (Phi) is 4.11. The van der Waals surface area contributed by atoms with Crippen LogP contribution in [0, 0.1) is 5.41 Å². The third kappa shape index (κ3) is 3.03. The number of fused-ring (bicyclic) bond motifs is 1. The smallest absolute Gasteiger partial charge is 0.252 e. The second-order valence-corrected chi connectivity index (χ2v) is 6.38. The van der Waals surface area contributed by atoms with E-state index in [2.05, 4.69) is 17.2 Å². The summed E-state index contributed by atoms with van der Waals surface area (Å²) in [5.41, 5.74) is 2.23. The molecule has 0 amide bonds. The van der Waals surface area contributed by atoms with E-state index < -0.39 is 0 Å². The number of rotatable bonds is 5. The molecule has 0 bridgehead atoms. The van der Waals surface area contributed by atoms with E-state index in [1.807, 2.05) is 30.3 Å². The third-order valence-electron chi connectivity index (χ3n) is 5.06. The van der Waals surface area contributed by atoms with Crippen molar-refractivity contribution in [3.8, 4) is 0 Å². The molecule has 2 aromatic rings. The van der Waals surface area contributed by atoms with Gasteiger partial charge < -0.3 is 10.3 Å². The predicted molar refractivity (Wildman–Crippen MR) is 87.5 cm³/mol. The van der Waals surface area contributed by atoms with Gasteiger partial charge in [0.2, 0.25) is 0 Å². The number of hydrogen-bond acceptors (Lipinski definition) is 2. The minimum atomic E-state index is 0.0261. The van der Waals surface area contributed by atoms with Gasteiger partial charge in [-0.2, -0.15) is 0 Å². The monoisotopic (exact) mass is 284 g/mol. The Morgan fingerprint density at radius 1 is 1.24 bits per heavy atom. The molecule has 1 aliphatic rings. The number of aromatic amines is 1. The average molecular weight is 284 g/mol. The Labute approximate surface area is 125 Å². The zero-order chi connectivity index (χ0) is 14.7. The molecule has 0 unspecified atom stereocenters. The SMILES string of the molecule is CCC1(CNCc2cc3ccccc3[nH]c2=O)CCCC1. The van der Waals surface area contributed by atoms with Crippen LogP contribution in [0.4, 0.5) is 0 Å². The van der Waals surface area contributed by atoms with Crippen molar-refractivity contribution in [3.63, 3.8) is 0 Å². The minimum Gasteiger partial charge on any atom is -0.322 e. The van der Waals surface area contributed by atoms with Gasteiger partial charge in [-0.15, -0.1) is 0 Å². The van der Waals surface area contributed by atoms with Crippen molar-refractivity contribution in [3.05, 3.63) is 46.2 Å². The first-order valence-corrected chi connectivity index (χ1v) is 8.04. The van der Waals surface area contributed by atoms with Crippen molar-refractivity contribution in [2.24, 2.45) is 5.41 Å². The van der Waals surface area contributed by atoms with Gasteiger partial charge in [-0.3, -0.25) is 4.79 Å². The van der Waals surface area contributed by atoms with Crippen LogP contribution >= 0.6 is 0 Å². The van der Waals surface area contributed by atoms with Crippen molar-refractivity contribution < 1.29 is 0 Å². The summed E-state index contributed by atoms with van der Waals surface area (Å²) in [7, 11) is 0. The number of nitrogens with one attached hydrogen (secondary N) is 2. The van der Waals surface area contributed by atoms with Crippen molar-refractivity contribution in [1.82, 2.24) is 10.3 Å². The second-order valence-electron chi connectivity index (χ2n) is 6.38. The maximum atomic E-state index is 12.1. The summed E-state index contributed by atoms with van der Waals surface area (Å²) >= 11 is 0. The maximum absolute atomic E-state index is 12.1. The van der Waals surface area contributed by atoms with Crippen LogP contribution in [-0.2, 0) is 6.54 Å². The molecule has 3 rings (SSSR count). The van der Waals surface area contributed by atoms with Gasteiger partial charge in [0, 0.05) is 24.2 Å². The van der Waals surface area contributed by atoms with E-state index in [1.165, 1.54) is 32.1 Å². The predicted octanol–water partition coefficient (Wildman–Crippen LogP) is 3.59. The first-order valence-electron chi connectivity index (χ1n) is 8.04. The largest absolute Gasteiger partial charge is 0.322 e. The van der Waals surface area contributed by atoms with Gasteiger partial charge in [0.05, 0.1) is 0 Å². The number of benzene rings is 1. The lowest BCUT2D eigenvalue weighted by Gasteiger charge is -2.27. The van der Waals surface area contributed by atoms with Crippen molar-refractivity contribution in [1.29, 1.82) is 0 Å². The molecule has 2 N–H and O–H groups in total. The van der Waals surface area contributed by atoms with Crippen LogP contribution in [0.2, 0.25) is 0 Å². The van der Waals surface area contributed by atoms with Gasteiger partial charge in [0.25, 0.3) is 5.56 Å². The minimum absolute atomic E-state index is 0.0261. The average Bonchev–Trinajstić information content (AvgIpc) is 2.97. The molecular formula is C18H24N2O. The fourth-order valence-electron chi connectivity index (χ4n) is 3.57. The molecule has 1 fully saturated rings. The second kappa shape index (κ2) is 6.02. The quantitative estimate of drug-likeness (QED) is 0.881. The molecule has 1 heterocycles. The molecule has 0 radical (unpaired) electrons. The molecule has 1 aromatic heterocycles. The Balaban J connectivity index is 1.70. The molecule has 0 atom stereocenters. The lowest BCUT2D eigenvalue weighted by atomic mass is 9.83. The van der Waals surface area contributed by atoms with Gasteiger partial charge in [0.1, 0.15) is 0 Å². The highest BCUT2D eigenvalue weighted by atomic mass is 16.1. The van der Waals surface area contributed by atoms with Crippen molar-refractivity contribution >= 4 is 10.9 Å². The van der Waals surface area contributed by atoms with E-state index in [9.17, 15) is 4.79 Å². The fourth-order valence-corrected chi connectivity index (χ4v) is 3.57. The van der Waals surface area contributed by atoms with Gasteiger partial charge in [0.15, 0.2) is 0 Å². The summed E-state index contributed by atoms with van der Waals surface area (Å²) < 4.78 is 0. The van der Waals surface area contributed by atoms with Crippen molar-refractivity contribution in [2.75, 3.05) is 6.54 Å². The van der Waals surface area contributed by atoms with Crippen molar-refractivity contribution in [2.45, 2.75) is 45.6 Å². The first-order chi connectivity index (χ1) is 10.2. The normalized spacial score (nSPS) is 17.4. The number of aromatic nitrogens is 1. The first kappa shape index (κ1) is 14.3. The highest BCUT2D eigenvalue weighted by Gasteiger charge is 2.31. The molecule has 1 aliphatic carbocycles. The Morgan fingerprint density at radius 2 is 2.00 bits per heavy atom. The highest BCUT2D eigenvalue weighted by Crippen LogP contribution is 2.40. The molecule has 1 aromatic carbocycles. The lowest BCUT2D eigenvalue weighted by Crippen LogP contribution is -2.32. The molecule has 1 saturated carbocycles. The van der Waals surface area contributed by atoms with Crippen LogP contribution in [-0.4, -0.2) is 11.5 Å². The Bertz CT molecular complexity index is 668. The van der Waals surface area contributed by atoms with E-state index in [-0.39, 0.29) is 5.56 Å². The molecule has 3 heteroatoms. The zero-order valence-electron chi connectivity index (χ0n) is 12.7. The summed E-state index contributed by atoms with van der Waals surface area (Å²) in [5.74, 6) is 0. The van der Waals surface area contributed by atoms with E-state index in [0.717, 1.165) is 23.0 Å². The van der Waals surface area contributed by atoms with Crippen LogP contribution in [0.1, 0.15) is 44.6 Å². The molecule has 0 saturated heterocycles. The summed E-state index contributed by atoms with van der Waals surface area (Å²) in [6.07, 6.45) is 6.58. The van der Waals surface area contributed by atoms with Crippen LogP contribution in [0.25, 0.3) is 10.9 Å². The van der Waals surface area contributed by atoms with Gasteiger partial charge in [-0.25, -0.2) is 0 Å². The Hall–Kier alpha value is -1.61. The van der Waals surface area contributed by atoms with Gasteiger partial charge >= 0.3 is 0 Å². The summed E-state index contributed by atoms with van der Waals surface area (Å²) in [5, 5.41) is 4.62. The van der Waals surface area contributed by atoms with Crippen LogP contribution in [0.5, 0.6) is 0 Å². The number of hydrogen-bond donors (Lipinski definition) is 2. The van der Waals surface area contributed by atoms with E-state index >= 15 is 0 Å². The van der Waals surface area contributed by atoms with Crippen LogP contribution in [0.3, 0.4) is 0 Å². The summed E-state index contributed by atoms with van der Waals surface area (Å²) in [6.45, 7) is 3.97. The topological polar surface area (TPSA) is 44.9 Å². The number of para-hydroxylation sites is 1. The molecule has 112 valence electrons. The number of H-pyrrole nitrogens is 1. The molecule has 21 heavy (non-hydrogen) atoms. The summed E-state index contributed by atoms with van der Waals surface area (Å²) in [4.78, 5) is 15.1. The maximum Gasteiger partial charge on any atom is 0.252 e. The standard InChI is InChI=1S/C18H24N2O/c1-2-18(9-5-6-10-18)13-19-12-15-11-14-7-3-4-8-16(14)20-17(15)21/h3-4,7-8,11,19H,2,5-6,9-10,12-13H2,1H3,(H,20,21). The van der Waals surface area contributed by atoms with Gasteiger partial charge in [-0.1, -0.05) is 38.0 Å². The van der Waals surface area contributed by atoms with Crippen LogP contribution < -0.4 is 10.9 Å². The molecule has 3 nitrogen and oxygen atoms in total. The molecular weight excluding hydrogens is 260 g/mol. The zero-order valence-corrected chi connectivity index (χ0v) is 12.7. The van der Waals surface area contributed by atoms with Gasteiger partial charge in [-0.05, 0) is 42.2 Å². The third-order valence-corrected chi connectivity index (χ3v) is 5.06. The lowest BCUT2D eigenvalue weighted by molar-refractivity contribution is 0.268. The van der Waals surface area contributed by atoms with Crippen LogP contribution in [0.15, 0.2) is 35.1 Å². The molecule has 0 aliphatic heterocycles. The highest BCUT2D eigenvalue weighted by molar-refractivity contribution is 5.78. The van der Waals surface area contributed by atoms with E-state index in [4.69, 9.17) is 0 Å². The Morgan fingerprint density at radius 3 is 2.76 bits per heavy atom. The molecule has 0 spiro atoms. The van der Waals surface area contributed by atoms with E-state index in [0.29, 0.717) is 12.0 Å². The van der Waals surface area contributed by atoms with E-state index in [1.54, 1.807) is 0 Å². The number of pyridine rings is 1. The summed E-state index contributed by atoms with van der Waals surface area (Å²) in [6, 6.07) is 9.94.